The van der Waals surface area contributed by atoms with E-state index in [-0.39, 0.29) is 5.92 Å². The molecule has 0 amide bonds. The van der Waals surface area contributed by atoms with Crippen LogP contribution in [0.25, 0.3) is 0 Å². The van der Waals surface area contributed by atoms with E-state index in [4.69, 9.17) is 10.5 Å². The number of aromatic nitrogens is 2. The van der Waals surface area contributed by atoms with Crippen molar-refractivity contribution in [2.24, 2.45) is 0 Å². The minimum atomic E-state index is 0.254. The van der Waals surface area contributed by atoms with Gasteiger partial charge in [0.2, 0.25) is 5.88 Å². The van der Waals surface area contributed by atoms with Crippen LogP contribution in [0.5, 0.6) is 11.6 Å². The standard InChI is InChI=1S/C14H16BrN3O/c1-8(2)14-17-9(3)6-13(18-14)19-12-5-4-10(15)7-11(12)16/h4-8H,16H2,1-3H3. The average molecular weight is 322 g/mol. The van der Waals surface area contributed by atoms with Gasteiger partial charge < -0.3 is 10.5 Å². The van der Waals surface area contributed by atoms with Crippen LogP contribution < -0.4 is 10.5 Å². The van der Waals surface area contributed by atoms with E-state index in [1.807, 2.05) is 32.9 Å². The second-order valence-corrected chi connectivity index (χ2v) is 5.56. The summed E-state index contributed by atoms with van der Waals surface area (Å²) in [5, 5.41) is 0. The van der Waals surface area contributed by atoms with E-state index in [1.54, 1.807) is 12.1 Å². The Morgan fingerprint density at radius 3 is 2.58 bits per heavy atom. The van der Waals surface area contributed by atoms with Crippen LogP contribution in [0.3, 0.4) is 0 Å². The first-order chi connectivity index (χ1) is 8.95. The van der Waals surface area contributed by atoms with Crippen molar-refractivity contribution in [1.82, 2.24) is 9.97 Å². The summed E-state index contributed by atoms with van der Waals surface area (Å²) in [4.78, 5) is 8.77. The summed E-state index contributed by atoms with van der Waals surface area (Å²) in [5.41, 5.74) is 7.35. The van der Waals surface area contributed by atoms with Gasteiger partial charge >= 0.3 is 0 Å². The summed E-state index contributed by atoms with van der Waals surface area (Å²) in [6, 6.07) is 7.29. The molecule has 0 saturated carbocycles. The zero-order valence-corrected chi connectivity index (χ0v) is 12.7. The maximum Gasteiger partial charge on any atom is 0.222 e. The van der Waals surface area contributed by atoms with E-state index in [0.717, 1.165) is 16.0 Å². The fraction of sp³-hybridized carbons (Fsp3) is 0.286. The third-order valence-electron chi connectivity index (χ3n) is 2.55. The SMILES string of the molecule is Cc1cc(Oc2ccc(Br)cc2N)nc(C(C)C)n1. The Morgan fingerprint density at radius 2 is 1.95 bits per heavy atom. The molecular formula is C14H16BrN3O. The lowest BCUT2D eigenvalue weighted by atomic mass is 10.2. The van der Waals surface area contributed by atoms with Gasteiger partial charge in [-0.2, -0.15) is 4.98 Å². The van der Waals surface area contributed by atoms with Crippen LogP contribution in [-0.2, 0) is 0 Å². The summed E-state index contributed by atoms with van der Waals surface area (Å²) in [6.45, 7) is 6.02. The summed E-state index contributed by atoms with van der Waals surface area (Å²) >= 11 is 3.36. The van der Waals surface area contributed by atoms with Gasteiger partial charge in [-0.05, 0) is 25.1 Å². The number of benzene rings is 1. The minimum Gasteiger partial charge on any atom is -0.437 e. The van der Waals surface area contributed by atoms with Crippen LogP contribution in [0, 0.1) is 6.92 Å². The molecule has 1 heterocycles. The molecule has 2 N–H and O–H groups in total. The Bertz CT molecular complexity index is 599. The van der Waals surface area contributed by atoms with E-state index < -0.39 is 0 Å². The van der Waals surface area contributed by atoms with Crippen molar-refractivity contribution < 1.29 is 4.74 Å². The average Bonchev–Trinajstić information content (AvgIpc) is 2.32. The van der Waals surface area contributed by atoms with Crippen molar-refractivity contribution in [3.05, 3.63) is 40.3 Å². The fourth-order valence-electron chi connectivity index (χ4n) is 1.60. The number of rotatable bonds is 3. The van der Waals surface area contributed by atoms with E-state index in [9.17, 15) is 0 Å². The van der Waals surface area contributed by atoms with Crippen LogP contribution in [0.2, 0.25) is 0 Å². The molecule has 0 bridgehead atoms. The van der Waals surface area contributed by atoms with Gasteiger partial charge in [-0.15, -0.1) is 0 Å². The molecule has 0 spiro atoms. The van der Waals surface area contributed by atoms with Gasteiger partial charge in [0.25, 0.3) is 0 Å². The van der Waals surface area contributed by atoms with Crippen LogP contribution in [0.15, 0.2) is 28.7 Å². The van der Waals surface area contributed by atoms with Crippen LogP contribution in [-0.4, -0.2) is 9.97 Å². The lowest BCUT2D eigenvalue weighted by Crippen LogP contribution is -2.02. The quantitative estimate of drug-likeness (QED) is 0.866. The van der Waals surface area contributed by atoms with Gasteiger partial charge in [0, 0.05) is 22.2 Å². The van der Waals surface area contributed by atoms with E-state index in [1.165, 1.54) is 0 Å². The Morgan fingerprint density at radius 1 is 1.21 bits per heavy atom. The minimum absolute atomic E-state index is 0.254. The number of anilines is 1. The Kier molecular flexibility index (Phi) is 4.04. The monoisotopic (exact) mass is 321 g/mol. The largest absolute Gasteiger partial charge is 0.437 e. The van der Waals surface area contributed by atoms with Gasteiger partial charge in [-0.25, -0.2) is 4.98 Å². The number of hydrogen-bond acceptors (Lipinski definition) is 4. The molecule has 0 fully saturated rings. The Hall–Kier alpha value is -1.62. The molecule has 2 rings (SSSR count). The van der Waals surface area contributed by atoms with Crippen molar-refractivity contribution >= 4 is 21.6 Å². The van der Waals surface area contributed by atoms with Gasteiger partial charge in [0.1, 0.15) is 5.82 Å². The predicted octanol–water partition coefficient (Wildman–Crippen LogP) is 4.05. The van der Waals surface area contributed by atoms with E-state index >= 15 is 0 Å². The highest BCUT2D eigenvalue weighted by Gasteiger charge is 2.09. The number of aryl methyl sites for hydroxylation is 1. The molecular weight excluding hydrogens is 306 g/mol. The van der Waals surface area contributed by atoms with Crippen molar-refractivity contribution in [1.29, 1.82) is 0 Å². The third kappa shape index (κ3) is 3.44. The second-order valence-electron chi connectivity index (χ2n) is 4.64. The maximum absolute atomic E-state index is 5.91. The molecule has 0 saturated heterocycles. The Balaban J connectivity index is 2.32. The van der Waals surface area contributed by atoms with Gasteiger partial charge in [-0.3, -0.25) is 0 Å². The van der Waals surface area contributed by atoms with Gasteiger partial charge in [-0.1, -0.05) is 29.8 Å². The first-order valence-corrected chi connectivity index (χ1v) is 6.83. The summed E-state index contributed by atoms with van der Waals surface area (Å²) in [6.07, 6.45) is 0. The Labute approximate surface area is 121 Å². The van der Waals surface area contributed by atoms with Crippen LogP contribution in [0.4, 0.5) is 5.69 Å². The molecule has 2 aromatic rings. The van der Waals surface area contributed by atoms with Crippen molar-refractivity contribution in [2.75, 3.05) is 5.73 Å². The predicted molar refractivity (Wildman–Crippen MR) is 79.5 cm³/mol. The molecule has 1 aromatic carbocycles. The zero-order valence-electron chi connectivity index (χ0n) is 11.1. The molecule has 0 aliphatic heterocycles. The van der Waals surface area contributed by atoms with E-state index in [0.29, 0.717) is 17.3 Å². The maximum atomic E-state index is 5.91. The number of nitrogens with zero attached hydrogens (tertiary/aromatic N) is 2. The number of halogens is 1. The van der Waals surface area contributed by atoms with E-state index in [2.05, 4.69) is 25.9 Å². The molecule has 19 heavy (non-hydrogen) atoms. The summed E-state index contributed by atoms with van der Waals surface area (Å²) in [7, 11) is 0. The topological polar surface area (TPSA) is 61.0 Å². The molecule has 1 aromatic heterocycles. The smallest absolute Gasteiger partial charge is 0.222 e. The van der Waals surface area contributed by atoms with Crippen molar-refractivity contribution in [2.45, 2.75) is 26.7 Å². The van der Waals surface area contributed by atoms with Crippen LogP contribution in [0.1, 0.15) is 31.3 Å². The highest BCUT2D eigenvalue weighted by Crippen LogP contribution is 2.29. The molecule has 0 aliphatic carbocycles. The van der Waals surface area contributed by atoms with Crippen LogP contribution >= 0.6 is 15.9 Å². The third-order valence-corrected chi connectivity index (χ3v) is 3.04. The number of nitrogen functional groups attached to an aromatic ring is 1. The summed E-state index contributed by atoms with van der Waals surface area (Å²) < 4.78 is 6.65. The first-order valence-electron chi connectivity index (χ1n) is 6.04. The normalized spacial score (nSPS) is 10.8. The first kappa shape index (κ1) is 13.8. The van der Waals surface area contributed by atoms with Gasteiger partial charge in [0.05, 0.1) is 5.69 Å². The molecule has 100 valence electrons. The second kappa shape index (κ2) is 5.57. The van der Waals surface area contributed by atoms with Gasteiger partial charge in [0.15, 0.2) is 5.75 Å². The number of hydrogen-bond donors (Lipinski definition) is 1. The highest BCUT2D eigenvalue weighted by molar-refractivity contribution is 9.10. The molecule has 0 unspecified atom stereocenters. The highest BCUT2D eigenvalue weighted by atomic mass is 79.9. The molecule has 0 aliphatic rings. The number of nitrogens with two attached hydrogens (primary N) is 1. The summed E-state index contributed by atoms with van der Waals surface area (Å²) in [5.74, 6) is 2.14. The lowest BCUT2D eigenvalue weighted by molar-refractivity contribution is 0.458. The zero-order chi connectivity index (χ0) is 14.0. The fourth-order valence-corrected chi connectivity index (χ4v) is 1.98. The molecule has 0 radical (unpaired) electrons. The van der Waals surface area contributed by atoms with Crippen molar-refractivity contribution in [3.63, 3.8) is 0 Å². The van der Waals surface area contributed by atoms with Crippen molar-refractivity contribution in [3.8, 4) is 11.6 Å². The molecule has 0 atom stereocenters. The molecule has 4 nitrogen and oxygen atoms in total. The number of ether oxygens (including phenoxy) is 1. The molecule has 5 heteroatoms. The lowest BCUT2D eigenvalue weighted by Gasteiger charge is -2.11.